The molecule has 5 heteroatoms. The van der Waals surface area contributed by atoms with Gasteiger partial charge in [0, 0.05) is 12.5 Å². The van der Waals surface area contributed by atoms with Crippen LogP contribution in [0.4, 0.5) is 0 Å². The van der Waals surface area contributed by atoms with Crippen molar-refractivity contribution in [3.05, 3.63) is 29.1 Å². The highest BCUT2D eigenvalue weighted by Crippen LogP contribution is 2.40. The van der Waals surface area contributed by atoms with Crippen LogP contribution in [0, 0.1) is 0 Å². The van der Waals surface area contributed by atoms with Gasteiger partial charge >= 0.3 is 5.97 Å². The molecule has 2 rings (SSSR count). The van der Waals surface area contributed by atoms with Crippen molar-refractivity contribution in [2.24, 2.45) is 5.73 Å². The Bertz CT molecular complexity index is 378. The maximum Gasteiger partial charge on any atom is 0.337 e. The van der Waals surface area contributed by atoms with Crippen LogP contribution in [-0.2, 0) is 6.54 Å². The first-order valence-electron chi connectivity index (χ1n) is 4.65. The quantitative estimate of drug-likeness (QED) is 0.823. The largest absolute Gasteiger partial charge is 0.478 e. The molecule has 0 saturated heterocycles. The molecule has 1 fully saturated rings. The molecule has 0 aliphatic heterocycles. The van der Waals surface area contributed by atoms with Crippen molar-refractivity contribution in [3.63, 3.8) is 0 Å². The molecule has 1 aromatic heterocycles. The molecular formula is C10H13ClN2O2. The van der Waals surface area contributed by atoms with E-state index in [-0.39, 0.29) is 12.4 Å². The van der Waals surface area contributed by atoms with Crippen LogP contribution in [-0.4, -0.2) is 16.1 Å². The Balaban J connectivity index is 0.00000112. The van der Waals surface area contributed by atoms with E-state index < -0.39 is 5.97 Å². The SMILES string of the molecule is Cl.NCc1ccc(C(=O)O)c(C2CC2)n1. The topological polar surface area (TPSA) is 76.2 Å². The van der Waals surface area contributed by atoms with Gasteiger partial charge in [0.25, 0.3) is 0 Å². The molecule has 0 aromatic carbocycles. The van der Waals surface area contributed by atoms with Crippen LogP contribution in [0.15, 0.2) is 12.1 Å². The highest BCUT2D eigenvalue weighted by molar-refractivity contribution is 5.89. The summed E-state index contributed by atoms with van der Waals surface area (Å²) in [6.45, 7) is 0.361. The lowest BCUT2D eigenvalue weighted by Gasteiger charge is -2.05. The highest BCUT2D eigenvalue weighted by atomic mass is 35.5. The van der Waals surface area contributed by atoms with Gasteiger partial charge < -0.3 is 10.8 Å². The van der Waals surface area contributed by atoms with Crippen LogP contribution in [0.3, 0.4) is 0 Å². The zero-order valence-electron chi connectivity index (χ0n) is 8.14. The summed E-state index contributed by atoms with van der Waals surface area (Å²) >= 11 is 0. The number of hydrogen-bond donors (Lipinski definition) is 2. The number of aromatic nitrogens is 1. The third kappa shape index (κ3) is 2.46. The zero-order valence-corrected chi connectivity index (χ0v) is 8.96. The van der Waals surface area contributed by atoms with E-state index in [1.165, 1.54) is 0 Å². The molecule has 82 valence electrons. The first-order valence-corrected chi connectivity index (χ1v) is 4.65. The monoisotopic (exact) mass is 228 g/mol. The minimum Gasteiger partial charge on any atom is -0.478 e. The molecule has 1 aliphatic rings. The Kier molecular flexibility index (Phi) is 3.66. The molecular weight excluding hydrogens is 216 g/mol. The maximum absolute atomic E-state index is 10.9. The molecule has 0 amide bonds. The molecule has 0 unspecified atom stereocenters. The second-order valence-electron chi connectivity index (χ2n) is 3.52. The van der Waals surface area contributed by atoms with Gasteiger partial charge in [0.1, 0.15) is 0 Å². The van der Waals surface area contributed by atoms with E-state index in [0.717, 1.165) is 18.5 Å². The average molecular weight is 229 g/mol. The van der Waals surface area contributed by atoms with Crippen molar-refractivity contribution >= 4 is 18.4 Å². The predicted molar refractivity (Wildman–Crippen MR) is 58.3 cm³/mol. The third-order valence-electron chi connectivity index (χ3n) is 2.39. The number of nitrogens with zero attached hydrogens (tertiary/aromatic N) is 1. The van der Waals surface area contributed by atoms with Crippen LogP contribution in [0.1, 0.15) is 40.5 Å². The molecule has 4 nitrogen and oxygen atoms in total. The van der Waals surface area contributed by atoms with E-state index in [9.17, 15) is 4.79 Å². The molecule has 15 heavy (non-hydrogen) atoms. The van der Waals surface area contributed by atoms with Crippen molar-refractivity contribution in [3.8, 4) is 0 Å². The number of aromatic carboxylic acids is 1. The molecule has 1 heterocycles. The Morgan fingerprint density at radius 3 is 2.67 bits per heavy atom. The number of pyridine rings is 1. The summed E-state index contributed by atoms with van der Waals surface area (Å²) in [6, 6.07) is 3.28. The van der Waals surface area contributed by atoms with E-state index in [4.69, 9.17) is 10.8 Å². The van der Waals surface area contributed by atoms with Gasteiger partial charge in [-0.3, -0.25) is 4.98 Å². The molecule has 1 aromatic rings. The first-order chi connectivity index (χ1) is 6.72. The first kappa shape index (κ1) is 11.9. The minimum absolute atomic E-state index is 0. The van der Waals surface area contributed by atoms with Gasteiger partial charge in [-0.1, -0.05) is 0 Å². The highest BCUT2D eigenvalue weighted by Gasteiger charge is 2.29. The fraction of sp³-hybridized carbons (Fsp3) is 0.400. The van der Waals surface area contributed by atoms with Crippen molar-refractivity contribution in [1.29, 1.82) is 0 Å². The lowest BCUT2D eigenvalue weighted by atomic mass is 10.1. The lowest BCUT2D eigenvalue weighted by molar-refractivity contribution is 0.0695. The summed E-state index contributed by atoms with van der Waals surface area (Å²) in [5.41, 5.74) is 7.25. The van der Waals surface area contributed by atoms with E-state index in [1.54, 1.807) is 12.1 Å². The van der Waals surface area contributed by atoms with Crippen molar-refractivity contribution in [1.82, 2.24) is 4.98 Å². The van der Waals surface area contributed by atoms with Gasteiger partial charge in [0.2, 0.25) is 0 Å². The number of carbonyl (C=O) groups is 1. The van der Waals surface area contributed by atoms with Crippen molar-refractivity contribution < 1.29 is 9.90 Å². The Morgan fingerprint density at radius 2 is 2.20 bits per heavy atom. The van der Waals surface area contributed by atoms with Gasteiger partial charge in [0.15, 0.2) is 0 Å². The number of carboxylic acids is 1. The van der Waals surface area contributed by atoms with E-state index in [1.807, 2.05) is 0 Å². The van der Waals surface area contributed by atoms with Crippen LogP contribution in [0.2, 0.25) is 0 Å². The van der Waals surface area contributed by atoms with Gasteiger partial charge in [-0.2, -0.15) is 0 Å². The van der Waals surface area contributed by atoms with Crippen molar-refractivity contribution in [2.45, 2.75) is 25.3 Å². The van der Waals surface area contributed by atoms with E-state index in [0.29, 0.717) is 23.7 Å². The normalized spacial score (nSPS) is 14.5. The molecule has 1 saturated carbocycles. The molecule has 0 radical (unpaired) electrons. The number of nitrogens with two attached hydrogens (primary N) is 1. The smallest absolute Gasteiger partial charge is 0.337 e. The Labute approximate surface area is 93.9 Å². The molecule has 0 spiro atoms. The minimum atomic E-state index is -0.900. The van der Waals surface area contributed by atoms with Gasteiger partial charge in [-0.25, -0.2) is 4.79 Å². The van der Waals surface area contributed by atoms with Gasteiger partial charge in [0.05, 0.1) is 17.0 Å². The van der Waals surface area contributed by atoms with Crippen LogP contribution < -0.4 is 5.73 Å². The predicted octanol–water partition coefficient (Wildman–Crippen LogP) is 1.54. The lowest BCUT2D eigenvalue weighted by Crippen LogP contribution is -2.08. The number of halogens is 1. The summed E-state index contributed by atoms with van der Waals surface area (Å²) in [6.07, 6.45) is 2.09. The third-order valence-corrected chi connectivity index (χ3v) is 2.39. The summed E-state index contributed by atoms with van der Waals surface area (Å²) in [4.78, 5) is 15.2. The summed E-state index contributed by atoms with van der Waals surface area (Å²) in [5.74, 6) is -0.560. The van der Waals surface area contributed by atoms with Crippen LogP contribution >= 0.6 is 12.4 Å². The second-order valence-corrected chi connectivity index (χ2v) is 3.52. The fourth-order valence-electron chi connectivity index (χ4n) is 1.48. The van der Waals surface area contributed by atoms with E-state index >= 15 is 0 Å². The molecule has 0 bridgehead atoms. The van der Waals surface area contributed by atoms with E-state index in [2.05, 4.69) is 4.98 Å². The molecule has 0 atom stereocenters. The maximum atomic E-state index is 10.9. The Morgan fingerprint density at radius 1 is 1.53 bits per heavy atom. The average Bonchev–Trinajstić information content (AvgIpc) is 3.00. The summed E-state index contributed by atoms with van der Waals surface area (Å²) in [7, 11) is 0. The summed E-state index contributed by atoms with van der Waals surface area (Å²) in [5, 5.41) is 8.93. The fourth-order valence-corrected chi connectivity index (χ4v) is 1.48. The van der Waals surface area contributed by atoms with Gasteiger partial charge in [-0.05, 0) is 25.0 Å². The van der Waals surface area contributed by atoms with Crippen LogP contribution in [0.25, 0.3) is 0 Å². The van der Waals surface area contributed by atoms with Gasteiger partial charge in [-0.15, -0.1) is 12.4 Å². The zero-order chi connectivity index (χ0) is 10.1. The molecule has 3 N–H and O–H groups in total. The number of carboxylic acid groups (broad SMARTS) is 1. The standard InChI is InChI=1S/C10H12N2O2.ClH/c11-5-7-3-4-8(10(13)14)9(12-7)6-1-2-6;/h3-4,6H,1-2,5,11H2,(H,13,14);1H. The number of hydrogen-bond acceptors (Lipinski definition) is 3. The Hall–Kier alpha value is -1.13. The summed E-state index contributed by atoms with van der Waals surface area (Å²) < 4.78 is 0. The van der Waals surface area contributed by atoms with Crippen LogP contribution in [0.5, 0.6) is 0 Å². The van der Waals surface area contributed by atoms with Crippen molar-refractivity contribution in [2.75, 3.05) is 0 Å². The second kappa shape index (κ2) is 4.59. The number of rotatable bonds is 3. The molecule has 1 aliphatic carbocycles.